The Kier molecular flexibility index (Phi) is 7.46. The average molecular weight is 413 g/mol. The molecular formula is C22H32N6O2. The molecule has 0 aliphatic carbocycles. The zero-order chi connectivity index (χ0) is 21.5. The summed E-state index contributed by atoms with van der Waals surface area (Å²) in [5, 5.41) is 3.01. The molecule has 1 saturated heterocycles. The van der Waals surface area contributed by atoms with Gasteiger partial charge >= 0.3 is 0 Å². The fourth-order valence-electron chi connectivity index (χ4n) is 3.71. The van der Waals surface area contributed by atoms with Gasteiger partial charge in [-0.3, -0.25) is 14.7 Å². The van der Waals surface area contributed by atoms with Crippen molar-refractivity contribution in [2.24, 2.45) is 0 Å². The summed E-state index contributed by atoms with van der Waals surface area (Å²) in [6.07, 6.45) is 3.34. The first-order chi connectivity index (χ1) is 14.5. The number of benzene rings is 1. The summed E-state index contributed by atoms with van der Waals surface area (Å²) in [6, 6.07) is 8.51. The number of rotatable bonds is 8. The van der Waals surface area contributed by atoms with E-state index in [0.717, 1.165) is 44.2 Å². The molecule has 2 aromatic rings. The van der Waals surface area contributed by atoms with E-state index in [-0.39, 0.29) is 5.91 Å². The second-order valence-corrected chi connectivity index (χ2v) is 7.66. The molecular weight excluding hydrogens is 380 g/mol. The minimum atomic E-state index is 0.00794. The van der Waals surface area contributed by atoms with Crippen molar-refractivity contribution in [2.75, 3.05) is 61.5 Å². The smallest absolute Gasteiger partial charge is 0.238 e. The topological polar surface area (TPSA) is 73.8 Å². The van der Waals surface area contributed by atoms with Gasteiger partial charge in [0.15, 0.2) is 5.82 Å². The molecule has 1 aromatic carbocycles. The number of aromatic nitrogens is 2. The highest BCUT2D eigenvalue weighted by Gasteiger charge is 2.20. The molecule has 1 amide bonds. The second kappa shape index (κ2) is 10.2. The van der Waals surface area contributed by atoms with Gasteiger partial charge in [0.2, 0.25) is 11.8 Å². The standard InChI is InChI=1S/C22H32N6O2/c1-5-28(17(2)3)19-8-6-18(7-9-19)24-21(29)16-26-10-12-27(13-11-26)20-14-23-15-22(25-20)30-4/h6-9,14-15,17H,5,10-13,16H2,1-4H3,(H,24,29). The lowest BCUT2D eigenvalue weighted by atomic mass is 10.2. The second-order valence-electron chi connectivity index (χ2n) is 7.66. The predicted octanol–water partition coefficient (Wildman–Crippen LogP) is 2.48. The van der Waals surface area contributed by atoms with Crippen LogP contribution in [0.1, 0.15) is 20.8 Å². The number of hydrogen-bond acceptors (Lipinski definition) is 7. The van der Waals surface area contributed by atoms with Gasteiger partial charge in [-0.15, -0.1) is 0 Å². The van der Waals surface area contributed by atoms with Gasteiger partial charge in [-0.25, -0.2) is 0 Å². The van der Waals surface area contributed by atoms with E-state index in [2.05, 4.69) is 62.9 Å². The summed E-state index contributed by atoms with van der Waals surface area (Å²) < 4.78 is 5.15. The Bertz CT molecular complexity index is 819. The number of carbonyl (C=O) groups excluding carboxylic acids is 1. The molecule has 2 heterocycles. The number of hydrogen-bond donors (Lipinski definition) is 1. The summed E-state index contributed by atoms with van der Waals surface area (Å²) in [7, 11) is 1.59. The van der Waals surface area contributed by atoms with Gasteiger partial charge in [-0.05, 0) is 45.0 Å². The molecule has 30 heavy (non-hydrogen) atoms. The first kappa shape index (κ1) is 21.8. The van der Waals surface area contributed by atoms with Crippen LogP contribution in [0.15, 0.2) is 36.7 Å². The summed E-state index contributed by atoms with van der Waals surface area (Å²) in [6.45, 7) is 11.0. The molecule has 8 nitrogen and oxygen atoms in total. The molecule has 0 atom stereocenters. The van der Waals surface area contributed by atoms with Crippen molar-refractivity contribution in [3.63, 3.8) is 0 Å². The van der Waals surface area contributed by atoms with E-state index < -0.39 is 0 Å². The van der Waals surface area contributed by atoms with Crippen molar-refractivity contribution in [3.8, 4) is 5.88 Å². The van der Waals surface area contributed by atoms with E-state index >= 15 is 0 Å². The molecule has 1 N–H and O–H groups in total. The normalized spacial score (nSPS) is 14.6. The van der Waals surface area contributed by atoms with Crippen LogP contribution in [-0.4, -0.2) is 73.2 Å². The van der Waals surface area contributed by atoms with E-state index in [1.807, 2.05) is 12.1 Å². The summed E-state index contributed by atoms with van der Waals surface area (Å²) in [4.78, 5) is 27.7. The molecule has 3 rings (SSSR count). The van der Waals surface area contributed by atoms with E-state index in [0.29, 0.717) is 18.5 Å². The van der Waals surface area contributed by atoms with Crippen LogP contribution in [-0.2, 0) is 4.79 Å². The fraction of sp³-hybridized carbons (Fsp3) is 0.500. The van der Waals surface area contributed by atoms with E-state index in [9.17, 15) is 4.79 Å². The minimum Gasteiger partial charge on any atom is -0.480 e. The Hall–Kier alpha value is -2.87. The first-order valence-electron chi connectivity index (χ1n) is 10.5. The quantitative estimate of drug-likeness (QED) is 0.714. The lowest BCUT2D eigenvalue weighted by molar-refractivity contribution is -0.117. The molecule has 0 spiro atoms. The molecule has 0 radical (unpaired) electrons. The van der Waals surface area contributed by atoms with Crippen LogP contribution in [0.3, 0.4) is 0 Å². The highest BCUT2D eigenvalue weighted by atomic mass is 16.5. The highest BCUT2D eigenvalue weighted by Crippen LogP contribution is 2.20. The summed E-state index contributed by atoms with van der Waals surface area (Å²) in [5.41, 5.74) is 2.00. The van der Waals surface area contributed by atoms with Crippen LogP contribution >= 0.6 is 0 Å². The van der Waals surface area contributed by atoms with Gasteiger partial charge in [-0.1, -0.05) is 0 Å². The van der Waals surface area contributed by atoms with E-state index in [1.165, 1.54) is 5.69 Å². The largest absolute Gasteiger partial charge is 0.480 e. The summed E-state index contributed by atoms with van der Waals surface area (Å²) in [5.74, 6) is 1.32. The van der Waals surface area contributed by atoms with Crippen LogP contribution in [0.5, 0.6) is 5.88 Å². The van der Waals surface area contributed by atoms with Crippen LogP contribution < -0.4 is 19.9 Å². The number of nitrogens with one attached hydrogen (secondary N) is 1. The monoisotopic (exact) mass is 412 g/mol. The SMILES string of the molecule is CCN(c1ccc(NC(=O)CN2CCN(c3cncc(OC)n3)CC2)cc1)C(C)C. The first-order valence-corrected chi connectivity index (χ1v) is 10.5. The maximum atomic E-state index is 12.5. The van der Waals surface area contributed by atoms with E-state index in [4.69, 9.17) is 4.74 Å². The molecule has 0 unspecified atom stereocenters. The molecule has 1 aliphatic rings. The third-order valence-corrected chi connectivity index (χ3v) is 5.32. The Morgan fingerprint density at radius 3 is 2.47 bits per heavy atom. The van der Waals surface area contributed by atoms with Crippen molar-refractivity contribution >= 4 is 23.1 Å². The van der Waals surface area contributed by atoms with Crippen molar-refractivity contribution in [3.05, 3.63) is 36.7 Å². The van der Waals surface area contributed by atoms with E-state index in [1.54, 1.807) is 19.5 Å². The number of piperazine rings is 1. The molecule has 1 fully saturated rings. The third kappa shape index (κ3) is 5.60. The Balaban J connectivity index is 1.48. The van der Waals surface area contributed by atoms with Crippen LogP contribution in [0, 0.1) is 0 Å². The average Bonchev–Trinajstić information content (AvgIpc) is 2.75. The van der Waals surface area contributed by atoms with Gasteiger partial charge in [0.25, 0.3) is 0 Å². The molecule has 0 bridgehead atoms. The minimum absolute atomic E-state index is 0.00794. The van der Waals surface area contributed by atoms with Crippen LogP contribution in [0.4, 0.5) is 17.2 Å². The lowest BCUT2D eigenvalue weighted by Crippen LogP contribution is -2.49. The Morgan fingerprint density at radius 2 is 1.87 bits per heavy atom. The maximum Gasteiger partial charge on any atom is 0.238 e. The van der Waals surface area contributed by atoms with Crippen LogP contribution in [0.25, 0.3) is 0 Å². The number of amides is 1. The molecule has 1 aromatic heterocycles. The maximum absolute atomic E-state index is 12.5. The number of methoxy groups -OCH3 is 1. The van der Waals surface area contributed by atoms with Gasteiger partial charge < -0.3 is 19.9 Å². The fourth-order valence-corrected chi connectivity index (χ4v) is 3.71. The zero-order valence-electron chi connectivity index (χ0n) is 18.3. The Labute approximate surface area is 178 Å². The third-order valence-electron chi connectivity index (χ3n) is 5.32. The lowest BCUT2D eigenvalue weighted by Gasteiger charge is -2.34. The molecule has 8 heteroatoms. The predicted molar refractivity (Wildman–Crippen MR) is 120 cm³/mol. The van der Waals surface area contributed by atoms with Crippen molar-refractivity contribution in [1.29, 1.82) is 0 Å². The Morgan fingerprint density at radius 1 is 1.17 bits per heavy atom. The number of anilines is 3. The van der Waals surface area contributed by atoms with Crippen molar-refractivity contribution in [2.45, 2.75) is 26.8 Å². The van der Waals surface area contributed by atoms with Gasteiger partial charge in [0.05, 0.1) is 26.0 Å². The summed E-state index contributed by atoms with van der Waals surface area (Å²) >= 11 is 0. The highest BCUT2D eigenvalue weighted by molar-refractivity contribution is 5.92. The van der Waals surface area contributed by atoms with Crippen molar-refractivity contribution in [1.82, 2.24) is 14.9 Å². The number of nitrogens with zero attached hydrogens (tertiary/aromatic N) is 5. The molecule has 1 aliphatic heterocycles. The molecule has 162 valence electrons. The number of carbonyl (C=O) groups is 1. The van der Waals surface area contributed by atoms with Gasteiger partial charge in [0, 0.05) is 50.1 Å². The molecule has 0 saturated carbocycles. The van der Waals surface area contributed by atoms with Gasteiger partial charge in [-0.2, -0.15) is 4.98 Å². The number of ether oxygens (including phenoxy) is 1. The van der Waals surface area contributed by atoms with Gasteiger partial charge in [0.1, 0.15) is 0 Å². The zero-order valence-corrected chi connectivity index (χ0v) is 18.3. The van der Waals surface area contributed by atoms with Crippen molar-refractivity contribution < 1.29 is 9.53 Å². The van der Waals surface area contributed by atoms with Crippen LogP contribution in [0.2, 0.25) is 0 Å².